The molecule has 0 saturated heterocycles. The van der Waals surface area contributed by atoms with E-state index in [1.807, 2.05) is 51.2 Å². The molecule has 1 heterocycles. The van der Waals surface area contributed by atoms with Gasteiger partial charge in [-0.25, -0.2) is 9.97 Å². The summed E-state index contributed by atoms with van der Waals surface area (Å²) < 4.78 is 0. The Kier molecular flexibility index (Phi) is 4.18. The zero-order valence-corrected chi connectivity index (χ0v) is 11.5. The molecule has 0 amide bonds. The molecule has 0 aliphatic rings. The highest BCUT2D eigenvalue weighted by atomic mass is 15.1. The normalized spacial score (nSPS) is 10.1. The minimum Gasteiger partial charge on any atom is -0.388 e. The minimum atomic E-state index is 0.741. The number of aromatic nitrogens is 2. The fraction of sp³-hybridized carbons (Fsp3) is 0.286. The van der Waals surface area contributed by atoms with Crippen LogP contribution in [0.1, 0.15) is 12.7 Å². The third-order valence-electron chi connectivity index (χ3n) is 2.62. The first kappa shape index (κ1) is 13.1. The molecule has 1 aromatic heterocycles. The van der Waals surface area contributed by atoms with E-state index in [-0.39, 0.29) is 0 Å². The molecule has 2 aromatic rings. The van der Waals surface area contributed by atoms with Gasteiger partial charge in [-0.2, -0.15) is 0 Å². The van der Waals surface area contributed by atoms with E-state index < -0.39 is 0 Å². The second kappa shape index (κ2) is 6.04. The summed E-state index contributed by atoms with van der Waals surface area (Å²) in [6, 6.07) is 9.95. The molecule has 0 unspecified atom stereocenters. The van der Waals surface area contributed by atoms with Gasteiger partial charge in [0.2, 0.25) is 0 Å². The third kappa shape index (κ3) is 3.58. The average Bonchev–Trinajstić information content (AvgIpc) is 2.38. The summed E-state index contributed by atoms with van der Waals surface area (Å²) in [5, 5.41) is 9.59. The highest BCUT2D eigenvalue weighted by Gasteiger charge is 2.02. The largest absolute Gasteiger partial charge is 0.388 e. The molecule has 0 radical (unpaired) electrons. The second-order valence-electron chi connectivity index (χ2n) is 4.17. The Balaban J connectivity index is 2.22. The highest BCUT2D eigenvalue weighted by Crippen LogP contribution is 2.20. The molecule has 0 fully saturated rings. The van der Waals surface area contributed by atoms with Crippen molar-refractivity contribution in [2.45, 2.75) is 13.8 Å². The number of nitrogens with zero attached hydrogens (tertiary/aromatic N) is 2. The van der Waals surface area contributed by atoms with E-state index in [0.29, 0.717) is 0 Å². The van der Waals surface area contributed by atoms with E-state index >= 15 is 0 Å². The van der Waals surface area contributed by atoms with E-state index in [9.17, 15) is 0 Å². The quantitative estimate of drug-likeness (QED) is 0.768. The smallest absolute Gasteiger partial charge is 0.136 e. The lowest BCUT2D eigenvalue weighted by atomic mass is 10.3. The molecule has 0 aliphatic heterocycles. The van der Waals surface area contributed by atoms with Crippen LogP contribution in [0.2, 0.25) is 0 Å². The SMILES string of the molecule is CCNc1cc(Nc2cccc(NC)c2)nc(C)n1. The Morgan fingerprint density at radius 1 is 1.05 bits per heavy atom. The lowest BCUT2D eigenvalue weighted by Crippen LogP contribution is -2.04. The van der Waals surface area contributed by atoms with Gasteiger partial charge in [0.25, 0.3) is 0 Å². The average molecular weight is 257 g/mol. The van der Waals surface area contributed by atoms with Gasteiger partial charge < -0.3 is 16.0 Å². The van der Waals surface area contributed by atoms with Gasteiger partial charge >= 0.3 is 0 Å². The van der Waals surface area contributed by atoms with Crippen LogP contribution in [-0.2, 0) is 0 Å². The van der Waals surface area contributed by atoms with Crippen molar-refractivity contribution in [2.24, 2.45) is 0 Å². The molecule has 2 rings (SSSR count). The van der Waals surface area contributed by atoms with E-state index in [1.165, 1.54) is 0 Å². The van der Waals surface area contributed by atoms with Crippen LogP contribution in [-0.4, -0.2) is 23.6 Å². The van der Waals surface area contributed by atoms with Gasteiger partial charge in [-0.15, -0.1) is 0 Å². The van der Waals surface area contributed by atoms with Gasteiger partial charge in [0, 0.05) is 31.0 Å². The fourth-order valence-corrected chi connectivity index (χ4v) is 1.80. The van der Waals surface area contributed by atoms with Crippen molar-refractivity contribution in [3.63, 3.8) is 0 Å². The van der Waals surface area contributed by atoms with Gasteiger partial charge in [-0.1, -0.05) is 6.07 Å². The Morgan fingerprint density at radius 3 is 2.53 bits per heavy atom. The van der Waals surface area contributed by atoms with Crippen LogP contribution < -0.4 is 16.0 Å². The standard InChI is InChI=1S/C14H19N5/c1-4-16-13-9-14(18-10(2)17-13)19-12-7-5-6-11(8-12)15-3/h5-9,15H,4H2,1-3H3,(H2,16,17,18,19). The van der Waals surface area contributed by atoms with E-state index in [0.717, 1.165) is 35.4 Å². The number of rotatable bonds is 5. The maximum absolute atomic E-state index is 4.38. The van der Waals surface area contributed by atoms with E-state index in [2.05, 4.69) is 25.9 Å². The molecule has 5 heteroatoms. The van der Waals surface area contributed by atoms with E-state index in [4.69, 9.17) is 0 Å². The summed E-state index contributed by atoms with van der Waals surface area (Å²) in [7, 11) is 1.90. The van der Waals surface area contributed by atoms with Crippen LogP contribution >= 0.6 is 0 Å². The Bertz CT molecular complexity index is 553. The Hall–Kier alpha value is -2.30. The molecular weight excluding hydrogens is 238 g/mol. The molecule has 0 saturated carbocycles. The van der Waals surface area contributed by atoms with Crippen LogP contribution in [0.4, 0.5) is 23.0 Å². The molecule has 0 aliphatic carbocycles. The van der Waals surface area contributed by atoms with Gasteiger partial charge in [0.1, 0.15) is 17.5 Å². The summed E-state index contributed by atoms with van der Waals surface area (Å²) in [6.45, 7) is 4.77. The lowest BCUT2D eigenvalue weighted by molar-refractivity contribution is 1.04. The van der Waals surface area contributed by atoms with E-state index in [1.54, 1.807) is 0 Å². The Labute approximate surface area is 113 Å². The van der Waals surface area contributed by atoms with Crippen LogP contribution in [0, 0.1) is 6.92 Å². The van der Waals surface area contributed by atoms with Gasteiger partial charge in [-0.05, 0) is 32.0 Å². The summed E-state index contributed by atoms with van der Waals surface area (Å²) in [5.74, 6) is 2.37. The molecule has 1 aromatic carbocycles. The molecule has 0 bridgehead atoms. The van der Waals surface area contributed by atoms with Crippen LogP contribution in [0.3, 0.4) is 0 Å². The molecule has 3 N–H and O–H groups in total. The van der Waals surface area contributed by atoms with Crippen molar-refractivity contribution in [1.29, 1.82) is 0 Å². The highest BCUT2D eigenvalue weighted by molar-refractivity contribution is 5.63. The molecule has 0 spiro atoms. The van der Waals surface area contributed by atoms with Crippen molar-refractivity contribution < 1.29 is 0 Å². The number of nitrogens with one attached hydrogen (secondary N) is 3. The van der Waals surface area contributed by atoms with Gasteiger partial charge in [0.05, 0.1) is 0 Å². The molecule has 100 valence electrons. The summed E-state index contributed by atoms with van der Waals surface area (Å²) in [6.07, 6.45) is 0. The zero-order valence-electron chi connectivity index (χ0n) is 11.5. The van der Waals surface area contributed by atoms with Crippen LogP contribution in [0.5, 0.6) is 0 Å². The first-order chi connectivity index (χ1) is 9.21. The molecule has 5 nitrogen and oxygen atoms in total. The van der Waals surface area contributed by atoms with Crippen LogP contribution in [0.15, 0.2) is 30.3 Å². The van der Waals surface area contributed by atoms with Crippen molar-refractivity contribution in [3.8, 4) is 0 Å². The van der Waals surface area contributed by atoms with Crippen molar-refractivity contribution in [2.75, 3.05) is 29.5 Å². The zero-order chi connectivity index (χ0) is 13.7. The molecule has 0 atom stereocenters. The van der Waals surface area contributed by atoms with Crippen molar-refractivity contribution >= 4 is 23.0 Å². The number of anilines is 4. The van der Waals surface area contributed by atoms with Crippen molar-refractivity contribution in [3.05, 3.63) is 36.2 Å². The number of aryl methyl sites for hydroxylation is 1. The number of hydrogen-bond donors (Lipinski definition) is 3. The summed E-state index contributed by atoms with van der Waals surface area (Å²) >= 11 is 0. The van der Waals surface area contributed by atoms with Crippen LogP contribution in [0.25, 0.3) is 0 Å². The maximum atomic E-state index is 4.38. The lowest BCUT2D eigenvalue weighted by Gasteiger charge is -2.10. The first-order valence-electron chi connectivity index (χ1n) is 6.35. The fourth-order valence-electron chi connectivity index (χ4n) is 1.80. The first-order valence-corrected chi connectivity index (χ1v) is 6.35. The van der Waals surface area contributed by atoms with Crippen molar-refractivity contribution in [1.82, 2.24) is 9.97 Å². The topological polar surface area (TPSA) is 61.9 Å². The predicted octanol–water partition coefficient (Wildman–Crippen LogP) is 3.00. The minimum absolute atomic E-state index is 0.741. The summed E-state index contributed by atoms with van der Waals surface area (Å²) in [5.41, 5.74) is 2.05. The monoisotopic (exact) mass is 257 g/mol. The maximum Gasteiger partial charge on any atom is 0.136 e. The predicted molar refractivity (Wildman–Crippen MR) is 80.2 cm³/mol. The second-order valence-corrected chi connectivity index (χ2v) is 4.17. The Morgan fingerprint density at radius 2 is 1.79 bits per heavy atom. The molecular formula is C14H19N5. The summed E-state index contributed by atoms with van der Waals surface area (Å²) in [4.78, 5) is 8.71. The number of benzene rings is 1. The van der Waals surface area contributed by atoms with Gasteiger partial charge in [-0.3, -0.25) is 0 Å². The molecule has 19 heavy (non-hydrogen) atoms. The number of hydrogen-bond acceptors (Lipinski definition) is 5. The van der Waals surface area contributed by atoms with Gasteiger partial charge in [0.15, 0.2) is 0 Å². The third-order valence-corrected chi connectivity index (χ3v) is 2.62.